The molecule has 1 aromatic heterocycles. The van der Waals surface area contributed by atoms with Crippen LogP contribution in [0.25, 0.3) is 17.1 Å². The first-order valence-corrected chi connectivity index (χ1v) is 8.98. The van der Waals surface area contributed by atoms with E-state index in [1.807, 2.05) is 73.0 Å². The lowest BCUT2D eigenvalue weighted by atomic mass is 10.2. The first-order valence-electron chi connectivity index (χ1n) is 8.98. The second-order valence-corrected chi connectivity index (χ2v) is 6.59. The highest BCUT2D eigenvalue weighted by Gasteiger charge is 2.22. The van der Waals surface area contributed by atoms with Crippen molar-refractivity contribution < 1.29 is 9.59 Å². The normalized spacial score (nSPS) is 13.6. The third-order valence-electron chi connectivity index (χ3n) is 4.57. The van der Waals surface area contributed by atoms with E-state index in [2.05, 4.69) is 10.3 Å². The maximum atomic E-state index is 12.3. The summed E-state index contributed by atoms with van der Waals surface area (Å²) in [5.74, 6) is 0.503. The lowest BCUT2D eigenvalue weighted by molar-refractivity contribution is -0.119. The van der Waals surface area contributed by atoms with Gasteiger partial charge in [0.15, 0.2) is 5.78 Å². The number of para-hydroxylation sites is 2. The summed E-state index contributed by atoms with van der Waals surface area (Å²) in [6, 6.07) is 16.6. The Morgan fingerprint density at radius 1 is 1.04 bits per heavy atom. The number of ketones is 1. The van der Waals surface area contributed by atoms with Crippen LogP contribution < -0.4 is 5.32 Å². The van der Waals surface area contributed by atoms with Crippen molar-refractivity contribution in [2.24, 2.45) is 0 Å². The molecule has 2 aromatic carbocycles. The van der Waals surface area contributed by atoms with Gasteiger partial charge in [0.2, 0.25) is 5.91 Å². The molecule has 0 aliphatic heterocycles. The summed E-state index contributed by atoms with van der Waals surface area (Å²) in [6.07, 6.45) is 3.27. The second kappa shape index (κ2) is 7.99. The number of carbonyl (C=O) groups excluding carboxylic acids is 2. The Morgan fingerprint density at radius 3 is 2.41 bits per heavy atom. The van der Waals surface area contributed by atoms with Gasteiger partial charge in [-0.3, -0.25) is 9.59 Å². The molecule has 0 aliphatic rings. The fourth-order valence-corrected chi connectivity index (χ4v) is 3.02. The van der Waals surface area contributed by atoms with Gasteiger partial charge >= 0.3 is 0 Å². The lowest BCUT2D eigenvalue weighted by Gasteiger charge is -2.19. The van der Waals surface area contributed by atoms with E-state index in [0.717, 1.165) is 16.6 Å². The summed E-state index contributed by atoms with van der Waals surface area (Å²) in [4.78, 5) is 29.0. The minimum atomic E-state index is -0.355. The molecule has 5 nitrogen and oxygen atoms in total. The summed E-state index contributed by atoms with van der Waals surface area (Å²) in [6.45, 7) is 5.29. The third-order valence-corrected chi connectivity index (χ3v) is 4.57. The molecule has 0 saturated heterocycles. The van der Waals surface area contributed by atoms with Crippen molar-refractivity contribution in [3.8, 4) is 0 Å². The van der Waals surface area contributed by atoms with Gasteiger partial charge in [-0.25, -0.2) is 4.98 Å². The molecule has 0 spiro atoms. The van der Waals surface area contributed by atoms with Gasteiger partial charge in [-0.1, -0.05) is 42.5 Å². The minimum Gasteiger partial charge on any atom is -0.343 e. The number of rotatable bonds is 6. The molecule has 138 valence electrons. The average Bonchev–Trinajstić information content (AvgIpc) is 3.06. The Bertz CT molecular complexity index is 989. The van der Waals surface area contributed by atoms with Crippen LogP contribution in [0.2, 0.25) is 0 Å². The fraction of sp³-hybridized carbons (Fsp3) is 0.227. The maximum absolute atomic E-state index is 12.3. The molecule has 1 N–H and O–H groups in total. The molecule has 3 rings (SSSR count). The van der Waals surface area contributed by atoms with E-state index in [4.69, 9.17) is 0 Å². The van der Waals surface area contributed by atoms with Gasteiger partial charge in [-0.2, -0.15) is 0 Å². The highest BCUT2D eigenvalue weighted by atomic mass is 16.1. The van der Waals surface area contributed by atoms with Crippen molar-refractivity contribution in [2.75, 3.05) is 0 Å². The van der Waals surface area contributed by atoms with Gasteiger partial charge in [0.05, 0.1) is 23.1 Å². The van der Waals surface area contributed by atoms with Crippen molar-refractivity contribution in [2.45, 2.75) is 32.9 Å². The molecule has 1 amide bonds. The SMILES string of the molecule is CC(=O)C(C)n1c(C(C)NC(=O)/C=C\c2ccccc2)nc2ccccc21. The topological polar surface area (TPSA) is 64.0 Å². The molecule has 0 bridgehead atoms. The number of imidazole rings is 1. The quantitative estimate of drug-likeness (QED) is 0.673. The summed E-state index contributed by atoms with van der Waals surface area (Å²) >= 11 is 0. The summed E-state index contributed by atoms with van der Waals surface area (Å²) in [5.41, 5.74) is 2.65. The summed E-state index contributed by atoms with van der Waals surface area (Å²) in [5, 5.41) is 2.94. The molecule has 1 heterocycles. The number of hydrogen-bond acceptors (Lipinski definition) is 3. The van der Waals surface area contributed by atoms with E-state index in [1.54, 1.807) is 13.0 Å². The zero-order valence-electron chi connectivity index (χ0n) is 15.7. The fourth-order valence-electron chi connectivity index (χ4n) is 3.02. The zero-order valence-corrected chi connectivity index (χ0v) is 15.7. The number of amides is 1. The van der Waals surface area contributed by atoms with E-state index in [-0.39, 0.29) is 23.8 Å². The number of carbonyl (C=O) groups is 2. The highest BCUT2D eigenvalue weighted by Crippen LogP contribution is 2.25. The first-order chi connectivity index (χ1) is 13.0. The monoisotopic (exact) mass is 361 g/mol. The molecular formula is C22H23N3O2. The van der Waals surface area contributed by atoms with E-state index in [9.17, 15) is 9.59 Å². The minimum absolute atomic E-state index is 0.0434. The molecule has 27 heavy (non-hydrogen) atoms. The molecule has 0 fully saturated rings. The molecule has 2 unspecified atom stereocenters. The van der Waals surface area contributed by atoms with Crippen LogP contribution in [0.3, 0.4) is 0 Å². The Kier molecular flexibility index (Phi) is 5.50. The number of nitrogens with one attached hydrogen (secondary N) is 1. The largest absolute Gasteiger partial charge is 0.343 e. The highest BCUT2D eigenvalue weighted by molar-refractivity contribution is 5.92. The predicted octanol–water partition coefficient (Wildman–Crippen LogP) is 4.08. The van der Waals surface area contributed by atoms with Gasteiger partial charge in [-0.15, -0.1) is 0 Å². The Balaban J connectivity index is 1.86. The van der Waals surface area contributed by atoms with Crippen molar-refractivity contribution >= 4 is 28.8 Å². The number of Topliss-reactive ketones (excluding diaryl/α,β-unsaturated/α-hetero) is 1. The number of fused-ring (bicyclic) bond motifs is 1. The smallest absolute Gasteiger partial charge is 0.244 e. The molecule has 5 heteroatoms. The van der Waals surface area contributed by atoms with Crippen molar-refractivity contribution in [1.82, 2.24) is 14.9 Å². The number of nitrogens with zero attached hydrogens (tertiary/aromatic N) is 2. The van der Waals surface area contributed by atoms with Crippen molar-refractivity contribution in [3.05, 3.63) is 72.1 Å². The van der Waals surface area contributed by atoms with E-state index in [1.165, 1.54) is 6.08 Å². The number of aromatic nitrogens is 2. The van der Waals surface area contributed by atoms with Gasteiger partial charge in [-0.05, 0) is 44.5 Å². The van der Waals surface area contributed by atoms with Gasteiger partial charge < -0.3 is 9.88 Å². The molecule has 3 aromatic rings. The van der Waals surface area contributed by atoms with Gasteiger partial charge in [0.25, 0.3) is 0 Å². The molecule has 0 radical (unpaired) electrons. The Morgan fingerprint density at radius 2 is 1.70 bits per heavy atom. The van der Waals surface area contributed by atoms with E-state index in [0.29, 0.717) is 5.82 Å². The molecule has 0 aliphatic carbocycles. The van der Waals surface area contributed by atoms with Crippen LogP contribution in [0.5, 0.6) is 0 Å². The average molecular weight is 361 g/mol. The van der Waals surface area contributed by atoms with Crippen LogP contribution in [0.4, 0.5) is 0 Å². The molecular weight excluding hydrogens is 338 g/mol. The first kappa shape index (κ1) is 18.6. The summed E-state index contributed by atoms with van der Waals surface area (Å²) in [7, 11) is 0. The number of benzene rings is 2. The van der Waals surface area contributed by atoms with Crippen LogP contribution in [0, 0.1) is 0 Å². The van der Waals surface area contributed by atoms with E-state index >= 15 is 0 Å². The summed E-state index contributed by atoms with van der Waals surface area (Å²) < 4.78 is 1.91. The third kappa shape index (κ3) is 4.14. The van der Waals surface area contributed by atoms with Crippen molar-refractivity contribution in [3.63, 3.8) is 0 Å². The Hall–Kier alpha value is -3.21. The second-order valence-electron chi connectivity index (χ2n) is 6.59. The van der Waals surface area contributed by atoms with Crippen LogP contribution in [0.1, 0.15) is 44.2 Å². The van der Waals surface area contributed by atoms with Crippen LogP contribution in [-0.2, 0) is 9.59 Å². The van der Waals surface area contributed by atoms with Crippen LogP contribution in [-0.4, -0.2) is 21.2 Å². The van der Waals surface area contributed by atoms with Crippen molar-refractivity contribution in [1.29, 1.82) is 0 Å². The molecule has 2 atom stereocenters. The van der Waals surface area contributed by atoms with Crippen LogP contribution >= 0.6 is 0 Å². The van der Waals surface area contributed by atoms with E-state index < -0.39 is 0 Å². The number of hydrogen-bond donors (Lipinski definition) is 1. The molecule has 0 saturated carbocycles. The van der Waals surface area contributed by atoms with Gasteiger partial charge in [0, 0.05) is 6.08 Å². The lowest BCUT2D eigenvalue weighted by Crippen LogP contribution is -2.28. The standard InChI is InChI=1S/C22H23N3O2/c1-15(23-21(27)14-13-18-9-5-4-6-10-18)22-24-19-11-7-8-12-20(19)25(22)16(2)17(3)26/h4-16H,1-3H3,(H,23,27)/b14-13-. The van der Waals surface area contributed by atoms with Gasteiger partial charge in [0.1, 0.15) is 5.82 Å². The predicted molar refractivity (Wildman–Crippen MR) is 107 cm³/mol. The zero-order chi connectivity index (χ0) is 19.4. The van der Waals surface area contributed by atoms with Crippen LogP contribution in [0.15, 0.2) is 60.7 Å². The Labute approximate surface area is 158 Å². The maximum Gasteiger partial charge on any atom is 0.244 e.